The number of ether oxygens (including phenoxy) is 1. The minimum atomic E-state index is -0.381. The summed E-state index contributed by atoms with van der Waals surface area (Å²) in [6.07, 6.45) is 1.50. The Balaban J connectivity index is 2.20. The summed E-state index contributed by atoms with van der Waals surface area (Å²) >= 11 is 0. The summed E-state index contributed by atoms with van der Waals surface area (Å²) in [6.45, 7) is 1.78. The maximum atomic E-state index is 9.38. The number of benzene rings is 1. The number of aliphatic hydroxyl groups excluding tert-OH is 1. The summed E-state index contributed by atoms with van der Waals surface area (Å²) < 4.78 is 5.64. The number of rotatable bonds is 1. The first-order chi connectivity index (χ1) is 6.27. The minimum Gasteiger partial charge on any atom is -0.487 e. The SMILES string of the molecule is CC(O)C1CCc2ccccc2O1. The van der Waals surface area contributed by atoms with Crippen molar-refractivity contribution in [2.75, 3.05) is 0 Å². The molecule has 0 aliphatic carbocycles. The lowest BCUT2D eigenvalue weighted by Gasteiger charge is -2.27. The van der Waals surface area contributed by atoms with Gasteiger partial charge in [0.05, 0.1) is 6.10 Å². The Morgan fingerprint density at radius 2 is 2.23 bits per heavy atom. The Bertz CT molecular complexity index is 294. The molecule has 0 bridgehead atoms. The monoisotopic (exact) mass is 178 g/mol. The van der Waals surface area contributed by atoms with Gasteiger partial charge >= 0.3 is 0 Å². The predicted octanol–water partition coefficient (Wildman–Crippen LogP) is 1.76. The fraction of sp³-hybridized carbons (Fsp3) is 0.455. The van der Waals surface area contributed by atoms with Crippen molar-refractivity contribution < 1.29 is 9.84 Å². The van der Waals surface area contributed by atoms with Crippen LogP contribution in [-0.2, 0) is 6.42 Å². The van der Waals surface area contributed by atoms with Crippen molar-refractivity contribution >= 4 is 0 Å². The van der Waals surface area contributed by atoms with Gasteiger partial charge in [0.2, 0.25) is 0 Å². The average Bonchev–Trinajstić information content (AvgIpc) is 2.17. The third-order valence-electron chi connectivity index (χ3n) is 2.49. The van der Waals surface area contributed by atoms with Crippen molar-refractivity contribution in [3.8, 4) is 5.75 Å². The molecule has 1 aliphatic heterocycles. The van der Waals surface area contributed by atoms with Crippen molar-refractivity contribution in [1.82, 2.24) is 0 Å². The van der Waals surface area contributed by atoms with E-state index >= 15 is 0 Å². The lowest BCUT2D eigenvalue weighted by Crippen LogP contribution is -2.32. The van der Waals surface area contributed by atoms with E-state index in [1.165, 1.54) is 5.56 Å². The lowest BCUT2D eigenvalue weighted by molar-refractivity contribution is 0.0357. The number of aliphatic hydroxyl groups is 1. The molecule has 0 amide bonds. The molecule has 13 heavy (non-hydrogen) atoms. The highest BCUT2D eigenvalue weighted by molar-refractivity contribution is 5.35. The van der Waals surface area contributed by atoms with E-state index in [0.29, 0.717) is 0 Å². The third-order valence-corrected chi connectivity index (χ3v) is 2.49. The first-order valence-corrected chi connectivity index (χ1v) is 4.70. The lowest BCUT2D eigenvalue weighted by atomic mass is 10.00. The van der Waals surface area contributed by atoms with Crippen LogP contribution in [0.4, 0.5) is 0 Å². The fourth-order valence-electron chi connectivity index (χ4n) is 1.68. The third kappa shape index (κ3) is 1.68. The molecule has 2 rings (SSSR count). The van der Waals surface area contributed by atoms with E-state index < -0.39 is 0 Å². The molecular formula is C11H14O2. The zero-order valence-electron chi connectivity index (χ0n) is 7.73. The first kappa shape index (κ1) is 8.57. The van der Waals surface area contributed by atoms with Gasteiger partial charge in [-0.3, -0.25) is 0 Å². The van der Waals surface area contributed by atoms with Crippen LogP contribution in [0.3, 0.4) is 0 Å². The molecule has 1 aromatic carbocycles. The van der Waals surface area contributed by atoms with Gasteiger partial charge in [-0.2, -0.15) is 0 Å². The van der Waals surface area contributed by atoms with E-state index in [0.717, 1.165) is 18.6 Å². The summed E-state index contributed by atoms with van der Waals surface area (Å²) in [5.74, 6) is 0.930. The van der Waals surface area contributed by atoms with Crippen LogP contribution in [0.15, 0.2) is 24.3 Å². The van der Waals surface area contributed by atoms with Gasteiger partial charge < -0.3 is 9.84 Å². The molecule has 1 aliphatic rings. The largest absolute Gasteiger partial charge is 0.487 e. The highest BCUT2D eigenvalue weighted by atomic mass is 16.5. The summed E-state index contributed by atoms with van der Waals surface area (Å²) in [4.78, 5) is 0. The topological polar surface area (TPSA) is 29.5 Å². The van der Waals surface area contributed by atoms with Crippen molar-refractivity contribution in [3.05, 3.63) is 29.8 Å². The number of hydrogen-bond donors (Lipinski definition) is 1. The van der Waals surface area contributed by atoms with Crippen molar-refractivity contribution in [1.29, 1.82) is 0 Å². The zero-order valence-corrected chi connectivity index (χ0v) is 7.73. The van der Waals surface area contributed by atoms with E-state index in [2.05, 4.69) is 6.07 Å². The Morgan fingerprint density at radius 3 is 3.00 bits per heavy atom. The second-order valence-corrected chi connectivity index (χ2v) is 3.54. The fourth-order valence-corrected chi connectivity index (χ4v) is 1.68. The quantitative estimate of drug-likeness (QED) is 0.710. The molecule has 70 valence electrons. The Hall–Kier alpha value is -1.02. The zero-order chi connectivity index (χ0) is 9.26. The van der Waals surface area contributed by atoms with Crippen LogP contribution >= 0.6 is 0 Å². The Kier molecular flexibility index (Phi) is 2.23. The van der Waals surface area contributed by atoms with E-state index in [9.17, 15) is 5.11 Å². The van der Waals surface area contributed by atoms with Gasteiger partial charge in [-0.15, -0.1) is 0 Å². The van der Waals surface area contributed by atoms with Crippen LogP contribution in [-0.4, -0.2) is 17.3 Å². The highest BCUT2D eigenvalue weighted by Gasteiger charge is 2.22. The molecule has 0 spiro atoms. The van der Waals surface area contributed by atoms with Gasteiger partial charge in [0, 0.05) is 0 Å². The van der Waals surface area contributed by atoms with Gasteiger partial charge in [0.25, 0.3) is 0 Å². The van der Waals surface area contributed by atoms with Gasteiger partial charge in [0.15, 0.2) is 0 Å². The normalized spacial score (nSPS) is 23.1. The molecule has 1 heterocycles. The second-order valence-electron chi connectivity index (χ2n) is 3.54. The molecule has 0 saturated heterocycles. The smallest absolute Gasteiger partial charge is 0.125 e. The molecule has 2 atom stereocenters. The van der Waals surface area contributed by atoms with Crippen LogP contribution in [0.5, 0.6) is 5.75 Å². The molecule has 1 N–H and O–H groups in total. The van der Waals surface area contributed by atoms with Crippen molar-refractivity contribution in [3.63, 3.8) is 0 Å². The average molecular weight is 178 g/mol. The molecule has 1 aromatic rings. The van der Waals surface area contributed by atoms with E-state index in [-0.39, 0.29) is 12.2 Å². The second kappa shape index (κ2) is 3.38. The van der Waals surface area contributed by atoms with Crippen LogP contribution in [0.1, 0.15) is 18.9 Å². The van der Waals surface area contributed by atoms with Gasteiger partial charge in [0.1, 0.15) is 11.9 Å². The molecule has 0 fully saturated rings. The highest BCUT2D eigenvalue weighted by Crippen LogP contribution is 2.27. The Labute approximate surface area is 78.2 Å². The van der Waals surface area contributed by atoms with Crippen molar-refractivity contribution in [2.24, 2.45) is 0 Å². The van der Waals surface area contributed by atoms with E-state index in [4.69, 9.17) is 4.74 Å². The van der Waals surface area contributed by atoms with Crippen LogP contribution in [0, 0.1) is 0 Å². The van der Waals surface area contributed by atoms with Crippen LogP contribution in [0.2, 0.25) is 0 Å². The molecular weight excluding hydrogens is 164 g/mol. The molecule has 0 saturated carbocycles. The molecule has 2 nitrogen and oxygen atoms in total. The number of para-hydroxylation sites is 1. The van der Waals surface area contributed by atoms with Gasteiger partial charge in [-0.05, 0) is 31.4 Å². The molecule has 0 aromatic heterocycles. The van der Waals surface area contributed by atoms with E-state index in [1.54, 1.807) is 6.92 Å². The minimum absolute atomic E-state index is 0.0325. The number of hydrogen-bond acceptors (Lipinski definition) is 2. The maximum Gasteiger partial charge on any atom is 0.125 e. The molecule has 0 radical (unpaired) electrons. The number of aryl methyl sites for hydroxylation is 1. The van der Waals surface area contributed by atoms with Gasteiger partial charge in [-0.1, -0.05) is 18.2 Å². The van der Waals surface area contributed by atoms with Crippen LogP contribution in [0.25, 0.3) is 0 Å². The summed E-state index contributed by atoms with van der Waals surface area (Å²) in [6, 6.07) is 8.02. The number of fused-ring (bicyclic) bond motifs is 1. The van der Waals surface area contributed by atoms with E-state index in [1.807, 2.05) is 18.2 Å². The predicted molar refractivity (Wildman–Crippen MR) is 50.9 cm³/mol. The standard InChI is InChI=1S/C11H14O2/c1-8(12)10-7-6-9-4-2-3-5-11(9)13-10/h2-5,8,10,12H,6-7H2,1H3. The maximum absolute atomic E-state index is 9.38. The summed E-state index contributed by atoms with van der Waals surface area (Å²) in [5, 5.41) is 9.38. The first-order valence-electron chi connectivity index (χ1n) is 4.70. The molecule has 2 heteroatoms. The molecule has 2 unspecified atom stereocenters. The summed E-state index contributed by atoms with van der Waals surface area (Å²) in [7, 11) is 0. The summed E-state index contributed by atoms with van der Waals surface area (Å²) in [5.41, 5.74) is 1.25. The van der Waals surface area contributed by atoms with Gasteiger partial charge in [-0.25, -0.2) is 0 Å². The van der Waals surface area contributed by atoms with Crippen LogP contribution < -0.4 is 4.74 Å². The Morgan fingerprint density at radius 1 is 1.46 bits per heavy atom. The van der Waals surface area contributed by atoms with Crippen molar-refractivity contribution in [2.45, 2.75) is 32.0 Å².